The molecule has 0 amide bonds. The van der Waals surface area contributed by atoms with Crippen LogP contribution in [0.2, 0.25) is 0 Å². The minimum atomic E-state index is -2.75. The van der Waals surface area contributed by atoms with Gasteiger partial charge in [0.1, 0.15) is 13.1 Å². The monoisotopic (exact) mass is 236 g/mol. The number of hydrogen-bond donors (Lipinski definition) is 0. The number of fused-ring (bicyclic) bond motifs is 1. The van der Waals surface area contributed by atoms with Crippen molar-refractivity contribution in [3.63, 3.8) is 0 Å². The maximum atomic E-state index is 13.5. The van der Waals surface area contributed by atoms with Gasteiger partial charge in [0.05, 0.1) is 9.96 Å². The molecule has 0 saturated carbocycles. The normalized spacial score (nSPS) is 27.8. The Morgan fingerprint density at radius 1 is 1.42 bits per heavy atom. The predicted molar refractivity (Wildman–Crippen MR) is 45.1 cm³/mol. The van der Waals surface area contributed by atoms with Gasteiger partial charge in [-0.05, 0) is 28.1 Å². The molecule has 0 bridgehead atoms. The molecule has 12 heavy (non-hydrogen) atoms. The molecule has 1 aromatic rings. The van der Waals surface area contributed by atoms with Crippen molar-refractivity contribution in [1.82, 2.24) is 0 Å². The van der Waals surface area contributed by atoms with Crippen molar-refractivity contribution in [2.45, 2.75) is 0 Å². The summed E-state index contributed by atoms with van der Waals surface area (Å²) in [6.07, 6.45) is 0. The van der Waals surface area contributed by atoms with Crippen LogP contribution in [-0.4, -0.2) is 13.1 Å². The molecule has 0 fully saturated rings. The average Bonchev–Trinajstić information content (AvgIpc) is 2.15. The Labute approximate surface area is 83.0 Å². The average molecular weight is 237 g/mol. The predicted octanol–water partition coefficient (Wildman–Crippen LogP) is 2.36. The second-order valence-corrected chi connectivity index (χ2v) is 2.95. The van der Waals surface area contributed by atoms with Gasteiger partial charge in [-0.2, -0.15) is 0 Å². The van der Waals surface area contributed by atoms with Crippen LogP contribution in [0.25, 0.3) is 0 Å². The van der Waals surface area contributed by atoms with Gasteiger partial charge in [-0.1, -0.05) is 0 Å². The summed E-state index contributed by atoms with van der Waals surface area (Å²) in [6, 6.07) is 2.63. The zero-order valence-corrected chi connectivity index (χ0v) is 7.31. The molecule has 4 heteroatoms. The Kier molecular flexibility index (Phi) is 1.09. The molecule has 0 atom stereocenters. The lowest BCUT2D eigenvalue weighted by atomic mass is 10.3. The van der Waals surface area contributed by atoms with Gasteiger partial charge in [-0.3, -0.25) is 0 Å². The Morgan fingerprint density at radius 2 is 2.17 bits per heavy atom. The summed E-state index contributed by atoms with van der Waals surface area (Å²) in [5, 5.41) is 0. The van der Waals surface area contributed by atoms with Crippen molar-refractivity contribution in [2.24, 2.45) is 0 Å². The summed E-state index contributed by atoms with van der Waals surface area (Å²) >= 11 is 2.91. The summed E-state index contributed by atoms with van der Waals surface area (Å²) < 4.78 is 52.2. The molecule has 0 N–H and O–H groups in total. The minimum Gasteiger partial charge on any atom is -0.486 e. The van der Waals surface area contributed by atoms with E-state index in [1.165, 1.54) is 12.1 Å². The van der Waals surface area contributed by atoms with Crippen molar-refractivity contribution in [2.75, 3.05) is 13.1 Å². The molecule has 64 valence electrons. The van der Waals surface area contributed by atoms with E-state index in [0.717, 1.165) is 0 Å². The van der Waals surface area contributed by atoms with Gasteiger partial charge in [-0.25, -0.2) is 4.39 Å². The number of hydrogen-bond acceptors (Lipinski definition) is 2. The van der Waals surface area contributed by atoms with E-state index in [2.05, 4.69) is 20.7 Å². The highest BCUT2D eigenvalue weighted by Crippen LogP contribution is 2.36. The summed E-state index contributed by atoms with van der Waals surface area (Å²) in [4.78, 5) is 0. The van der Waals surface area contributed by atoms with Crippen LogP contribution in [0, 0.1) is 5.82 Å². The van der Waals surface area contributed by atoms with Gasteiger partial charge in [0.15, 0.2) is 17.3 Å². The Hall–Kier alpha value is -0.770. The third-order valence-corrected chi connectivity index (χ3v) is 1.98. The smallest absolute Gasteiger partial charge is 0.198 e. The summed E-state index contributed by atoms with van der Waals surface area (Å²) in [7, 11) is 0. The quantitative estimate of drug-likeness (QED) is 0.689. The van der Waals surface area contributed by atoms with Crippen LogP contribution in [0.4, 0.5) is 4.39 Å². The fraction of sp³-hybridized carbons (Fsp3) is 0.250. The maximum Gasteiger partial charge on any atom is 0.198 e. The zero-order valence-electron chi connectivity index (χ0n) is 9.73. The lowest BCUT2D eigenvalue weighted by Gasteiger charge is -2.18. The van der Waals surface area contributed by atoms with E-state index in [0.29, 0.717) is 0 Å². The standard InChI is InChI=1S/C8H6BrFO2/c9-5-1-2-6-8(7(5)10)12-4-3-11-6/h1-2H,3-4H2/i3D2,4D2. The molecular formula is C8H6BrFO2. The van der Waals surface area contributed by atoms with Crippen LogP contribution in [0.15, 0.2) is 16.6 Å². The van der Waals surface area contributed by atoms with E-state index in [1.807, 2.05) is 0 Å². The fourth-order valence-electron chi connectivity index (χ4n) is 0.837. The van der Waals surface area contributed by atoms with E-state index >= 15 is 0 Å². The first-order valence-electron chi connectivity index (χ1n) is 5.11. The number of benzene rings is 1. The summed E-state index contributed by atoms with van der Waals surface area (Å²) in [6.45, 7) is -5.41. The molecule has 0 unspecified atom stereocenters. The molecule has 1 aliphatic rings. The van der Waals surface area contributed by atoms with Gasteiger partial charge < -0.3 is 9.47 Å². The lowest BCUT2D eigenvalue weighted by molar-refractivity contribution is 0.164. The van der Waals surface area contributed by atoms with E-state index in [-0.39, 0.29) is 10.2 Å². The highest BCUT2D eigenvalue weighted by atomic mass is 79.9. The minimum absolute atomic E-state index is 0.0908. The van der Waals surface area contributed by atoms with Crippen LogP contribution >= 0.6 is 15.9 Å². The van der Waals surface area contributed by atoms with E-state index in [9.17, 15) is 4.39 Å². The molecule has 1 aliphatic heterocycles. The third-order valence-electron chi connectivity index (χ3n) is 1.37. The molecular weight excluding hydrogens is 227 g/mol. The molecule has 0 aromatic heterocycles. The Morgan fingerprint density at radius 3 is 3.00 bits per heavy atom. The van der Waals surface area contributed by atoms with Crippen LogP contribution in [0.3, 0.4) is 0 Å². The topological polar surface area (TPSA) is 18.5 Å². The maximum absolute atomic E-state index is 13.5. The Balaban J connectivity index is 2.56. The van der Waals surface area contributed by atoms with E-state index in [4.69, 9.17) is 10.2 Å². The van der Waals surface area contributed by atoms with E-state index in [1.54, 1.807) is 0 Å². The molecule has 0 saturated heterocycles. The highest BCUT2D eigenvalue weighted by Gasteiger charge is 2.17. The van der Waals surface area contributed by atoms with Gasteiger partial charge in [0.25, 0.3) is 0 Å². The van der Waals surface area contributed by atoms with Gasteiger partial charge in [0, 0.05) is 0 Å². The zero-order chi connectivity index (χ0) is 12.1. The van der Waals surface area contributed by atoms with Crippen molar-refractivity contribution < 1.29 is 19.3 Å². The molecule has 1 aromatic carbocycles. The van der Waals surface area contributed by atoms with Crippen LogP contribution in [-0.2, 0) is 0 Å². The third kappa shape index (κ3) is 1.16. The van der Waals surface area contributed by atoms with Crippen molar-refractivity contribution >= 4 is 15.9 Å². The molecule has 0 spiro atoms. The number of halogens is 2. The second kappa shape index (κ2) is 2.94. The van der Waals surface area contributed by atoms with Crippen LogP contribution in [0.5, 0.6) is 11.5 Å². The molecule has 2 nitrogen and oxygen atoms in total. The largest absolute Gasteiger partial charge is 0.486 e. The summed E-state index contributed by atoms with van der Waals surface area (Å²) in [5.74, 6) is -1.42. The molecule has 0 aliphatic carbocycles. The fourth-order valence-corrected chi connectivity index (χ4v) is 1.15. The van der Waals surface area contributed by atoms with Crippen molar-refractivity contribution in [3.05, 3.63) is 22.4 Å². The van der Waals surface area contributed by atoms with Crippen molar-refractivity contribution in [3.8, 4) is 11.5 Å². The lowest BCUT2D eigenvalue weighted by Crippen LogP contribution is -2.16. The highest BCUT2D eigenvalue weighted by molar-refractivity contribution is 9.10. The van der Waals surface area contributed by atoms with Gasteiger partial charge >= 0.3 is 0 Å². The first-order chi connectivity index (χ1) is 7.24. The van der Waals surface area contributed by atoms with Gasteiger partial charge in [0.2, 0.25) is 0 Å². The number of rotatable bonds is 0. The first kappa shape index (κ1) is 4.46. The number of ether oxygens (including phenoxy) is 2. The van der Waals surface area contributed by atoms with Crippen LogP contribution in [0.1, 0.15) is 5.48 Å². The van der Waals surface area contributed by atoms with Crippen molar-refractivity contribution in [1.29, 1.82) is 0 Å². The second-order valence-electron chi connectivity index (χ2n) is 2.10. The first-order valence-corrected chi connectivity index (χ1v) is 3.90. The summed E-state index contributed by atoms with van der Waals surface area (Å²) in [5.41, 5.74) is 0. The molecule has 0 radical (unpaired) electrons. The molecule has 2 rings (SSSR count). The Bertz CT molecular complexity index is 452. The SMILES string of the molecule is [2H]C1([2H])Oc2ccc(Br)c(F)c2OC1([2H])[2H]. The van der Waals surface area contributed by atoms with Crippen LogP contribution < -0.4 is 9.47 Å². The van der Waals surface area contributed by atoms with E-state index < -0.39 is 24.7 Å². The van der Waals surface area contributed by atoms with Gasteiger partial charge in [-0.15, -0.1) is 0 Å². The molecule has 1 heterocycles.